The Morgan fingerprint density at radius 3 is 2.81 bits per heavy atom. The fourth-order valence-corrected chi connectivity index (χ4v) is 4.06. The first kappa shape index (κ1) is 15.1. The number of nitrogens with one attached hydrogen (secondary N) is 1. The lowest BCUT2D eigenvalue weighted by Gasteiger charge is -2.42. The number of benzene rings is 1. The highest BCUT2D eigenvalue weighted by molar-refractivity contribution is 6.31. The molecule has 2 unspecified atom stereocenters. The van der Waals surface area contributed by atoms with Gasteiger partial charge in [0.05, 0.1) is 7.11 Å². The van der Waals surface area contributed by atoms with Crippen LogP contribution in [0.2, 0.25) is 5.02 Å². The predicted octanol–water partition coefficient (Wildman–Crippen LogP) is 3.48. The van der Waals surface area contributed by atoms with E-state index in [-0.39, 0.29) is 0 Å². The van der Waals surface area contributed by atoms with Crippen LogP contribution in [0.3, 0.4) is 0 Å². The van der Waals surface area contributed by atoms with E-state index in [1.165, 1.54) is 37.8 Å². The van der Waals surface area contributed by atoms with Gasteiger partial charge in [0.2, 0.25) is 0 Å². The van der Waals surface area contributed by atoms with Gasteiger partial charge in [0, 0.05) is 22.7 Å². The highest BCUT2D eigenvalue weighted by atomic mass is 35.5. The van der Waals surface area contributed by atoms with Gasteiger partial charge >= 0.3 is 0 Å². The lowest BCUT2D eigenvalue weighted by atomic mass is 9.83. The monoisotopic (exact) mass is 308 g/mol. The molecule has 2 aliphatic rings. The number of piperidine rings is 1. The third kappa shape index (κ3) is 3.05. The number of hydrogen-bond donors (Lipinski definition) is 1. The topological polar surface area (TPSA) is 24.5 Å². The summed E-state index contributed by atoms with van der Waals surface area (Å²) in [7, 11) is 3.78. The zero-order valence-electron chi connectivity index (χ0n) is 12.9. The highest BCUT2D eigenvalue weighted by Crippen LogP contribution is 2.47. The smallest absolute Gasteiger partial charge is 0.125 e. The maximum Gasteiger partial charge on any atom is 0.125 e. The molecule has 0 radical (unpaired) electrons. The summed E-state index contributed by atoms with van der Waals surface area (Å²) in [6.07, 6.45) is 5.19. The zero-order chi connectivity index (χ0) is 14.8. The van der Waals surface area contributed by atoms with E-state index in [0.29, 0.717) is 12.0 Å². The summed E-state index contributed by atoms with van der Waals surface area (Å²) in [5.41, 5.74) is 1.19. The van der Waals surface area contributed by atoms with E-state index in [4.69, 9.17) is 16.3 Å². The van der Waals surface area contributed by atoms with Crippen molar-refractivity contribution in [1.82, 2.24) is 10.2 Å². The molecular weight excluding hydrogens is 284 g/mol. The van der Waals surface area contributed by atoms with Crippen LogP contribution in [0.5, 0.6) is 5.75 Å². The van der Waals surface area contributed by atoms with Crippen molar-refractivity contribution < 1.29 is 4.74 Å². The minimum Gasteiger partial charge on any atom is -0.496 e. The maximum atomic E-state index is 6.57. The van der Waals surface area contributed by atoms with E-state index in [1.807, 2.05) is 25.2 Å². The molecule has 1 aliphatic heterocycles. The van der Waals surface area contributed by atoms with Crippen molar-refractivity contribution in [3.8, 4) is 5.75 Å². The number of rotatable bonds is 5. The van der Waals surface area contributed by atoms with Crippen molar-refractivity contribution in [3.05, 3.63) is 28.8 Å². The van der Waals surface area contributed by atoms with Crippen molar-refractivity contribution in [3.63, 3.8) is 0 Å². The van der Waals surface area contributed by atoms with E-state index >= 15 is 0 Å². The first-order chi connectivity index (χ1) is 10.3. The van der Waals surface area contributed by atoms with Crippen molar-refractivity contribution in [1.29, 1.82) is 0 Å². The quantitative estimate of drug-likeness (QED) is 0.901. The molecule has 1 saturated carbocycles. The van der Waals surface area contributed by atoms with E-state index in [2.05, 4.69) is 10.2 Å². The Morgan fingerprint density at radius 1 is 1.33 bits per heavy atom. The van der Waals surface area contributed by atoms with E-state index in [9.17, 15) is 0 Å². The van der Waals surface area contributed by atoms with Crippen LogP contribution in [0, 0.1) is 5.92 Å². The second-order valence-corrected chi connectivity index (χ2v) is 6.64. The average Bonchev–Trinajstić information content (AvgIpc) is 3.32. The Balaban J connectivity index is 2.00. The first-order valence-electron chi connectivity index (χ1n) is 7.99. The van der Waals surface area contributed by atoms with Crippen LogP contribution < -0.4 is 10.1 Å². The van der Waals surface area contributed by atoms with Crippen LogP contribution in [0.4, 0.5) is 0 Å². The summed E-state index contributed by atoms with van der Waals surface area (Å²) >= 11 is 6.57. The van der Waals surface area contributed by atoms with Gasteiger partial charge in [-0.3, -0.25) is 4.90 Å². The van der Waals surface area contributed by atoms with Gasteiger partial charge in [0.1, 0.15) is 5.75 Å². The second kappa shape index (κ2) is 6.55. The molecule has 3 nitrogen and oxygen atoms in total. The molecule has 1 aromatic rings. The Bertz CT molecular complexity index is 488. The van der Waals surface area contributed by atoms with Crippen LogP contribution in [0.25, 0.3) is 0 Å². The number of ether oxygens (including phenoxy) is 1. The lowest BCUT2D eigenvalue weighted by molar-refractivity contribution is 0.0827. The van der Waals surface area contributed by atoms with Gasteiger partial charge in [-0.05, 0) is 63.9 Å². The summed E-state index contributed by atoms with van der Waals surface area (Å²) in [5.74, 6) is 1.53. The van der Waals surface area contributed by atoms with Crippen LogP contribution >= 0.6 is 11.6 Å². The summed E-state index contributed by atoms with van der Waals surface area (Å²) < 4.78 is 5.62. The molecule has 116 valence electrons. The maximum absolute atomic E-state index is 6.57. The van der Waals surface area contributed by atoms with Crippen LogP contribution in [0.1, 0.15) is 37.3 Å². The fourth-order valence-electron chi connectivity index (χ4n) is 3.78. The average molecular weight is 309 g/mol. The van der Waals surface area contributed by atoms with Gasteiger partial charge in [0.25, 0.3) is 0 Å². The normalized spacial score (nSPS) is 26.8. The van der Waals surface area contributed by atoms with Gasteiger partial charge in [-0.25, -0.2) is 0 Å². The third-order valence-corrected chi connectivity index (χ3v) is 5.14. The Hall–Kier alpha value is -0.770. The molecule has 0 amide bonds. The SMILES string of the molecule is CNCC1CCCN(C2CC2)C1c1c(Cl)cccc1OC. The lowest BCUT2D eigenvalue weighted by Crippen LogP contribution is -2.43. The van der Waals surface area contributed by atoms with Crippen LogP contribution in [-0.2, 0) is 0 Å². The van der Waals surface area contributed by atoms with Crippen LogP contribution in [0.15, 0.2) is 18.2 Å². The van der Waals surface area contributed by atoms with Gasteiger partial charge in [-0.15, -0.1) is 0 Å². The summed E-state index contributed by atoms with van der Waals surface area (Å²) in [6.45, 7) is 2.21. The first-order valence-corrected chi connectivity index (χ1v) is 8.36. The predicted molar refractivity (Wildman–Crippen MR) is 87.1 cm³/mol. The standard InChI is InChI=1S/C17H25ClN2O/c1-19-11-12-5-4-10-20(13-8-9-13)17(12)16-14(18)6-3-7-15(16)21-2/h3,6-7,12-13,17,19H,4-5,8-11H2,1-2H3. The molecule has 1 heterocycles. The molecule has 1 aliphatic carbocycles. The number of methoxy groups -OCH3 is 1. The number of nitrogens with zero attached hydrogens (tertiary/aromatic N) is 1. The summed E-state index contributed by atoms with van der Waals surface area (Å²) in [4.78, 5) is 2.68. The molecule has 1 saturated heterocycles. The molecule has 21 heavy (non-hydrogen) atoms. The number of halogens is 1. The van der Waals surface area contributed by atoms with Crippen molar-refractivity contribution in [2.45, 2.75) is 37.8 Å². The molecule has 0 bridgehead atoms. The van der Waals surface area contributed by atoms with Gasteiger partial charge in [-0.2, -0.15) is 0 Å². The Kier molecular flexibility index (Phi) is 4.72. The molecule has 3 rings (SSSR count). The Morgan fingerprint density at radius 2 is 2.14 bits per heavy atom. The van der Waals surface area contributed by atoms with Crippen molar-refractivity contribution in [2.75, 3.05) is 27.2 Å². The molecule has 2 atom stereocenters. The molecule has 1 N–H and O–H groups in total. The van der Waals surface area contributed by atoms with Gasteiger partial charge < -0.3 is 10.1 Å². The summed E-state index contributed by atoms with van der Waals surface area (Å²) in [6, 6.07) is 7.13. The fraction of sp³-hybridized carbons (Fsp3) is 0.647. The third-order valence-electron chi connectivity index (χ3n) is 4.81. The van der Waals surface area contributed by atoms with E-state index < -0.39 is 0 Å². The largest absolute Gasteiger partial charge is 0.496 e. The van der Waals surface area contributed by atoms with Gasteiger partial charge in [0.15, 0.2) is 0 Å². The Labute approximate surface area is 132 Å². The molecule has 4 heteroatoms. The van der Waals surface area contributed by atoms with Crippen molar-refractivity contribution >= 4 is 11.6 Å². The molecular formula is C17H25ClN2O. The molecule has 2 fully saturated rings. The zero-order valence-corrected chi connectivity index (χ0v) is 13.7. The molecule has 0 spiro atoms. The van der Waals surface area contributed by atoms with E-state index in [1.54, 1.807) is 7.11 Å². The van der Waals surface area contributed by atoms with Crippen molar-refractivity contribution in [2.24, 2.45) is 5.92 Å². The molecule has 1 aromatic carbocycles. The van der Waals surface area contributed by atoms with Crippen LogP contribution in [-0.4, -0.2) is 38.2 Å². The minimum absolute atomic E-state index is 0.377. The molecule has 0 aromatic heterocycles. The van der Waals surface area contributed by atoms with Gasteiger partial charge in [-0.1, -0.05) is 17.7 Å². The minimum atomic E-state index is 0.377. The highest BCUT2D eigenvalue weighted by Gasteiger charge is 2.42. The van der Waals surface area contributed by atoms with E-state index in [0.717, 1.165) is 23.4 Å². The second-order valence-electron chi connectivity index (χ2n) is 6.23. The number of likely N-dealkylation sites (tertiary alicyclic amines) is 1. The number of hydrogen-bond acceptors (Lipinski definition) is 3. The summed E-state index contributed by atoms with van der Waals surface area (Å²) in [5, 5.41) is 4.20.